The molecule has 0 aliphatic carbocycles. The second-order valence-corrected chi connectivity index (χ2v) is 4.57. The number of piperazine rings is 1. The van der Waals surface area contributed by atoms with Crippen molar-refractivity contribution in [1.29, 1.82) is 0 Å². The monoisotopic (exact) mass is 199 g/mol. The number of hydrogen-bond acceptors (Lipinski definition) is 4. The Morgan fingerprint density at radius 1 is 1.38 bits per heavy atom. The van der Waals surface area contributed by atoms with E-state index in [9.17, 15) is 0 Å². The summed E-state index contributed by atoms with van der Waals surface area (Å²) in [6.07, 6.45) is 2.18. The number of hydrogen-bond donors (Lipinski definition) is 2. The molecule has 4 heteroatoms. The average molecular weight is 199 g/mol. The van der Waals surface area contributed by atoms with Gasteiger partial charge >= 0.3 is 0 Å². The third-order valence-corrected chi connectivity index (χ3v) is 3.43. The van der Waals surface area contributed by atoms with E-state index >= 15 is 0 Å². The number of rotatable bonds is 2. The highest BCUT2D eigenvalue weighted by atomic mass is 32.2. The average Bonchev–Trinajstić information content (AvgIpc) is 2.21. The van der Waals surface area contributed by atoms with Crippen LogP contribution < -0.4 is 10.6 Å². The lowest BCUT2D eigenvalue weighted by Gasteiger charge is -2.31. The van der Waals surface area contributed by atoms with E-state index in [1.807, 2.05) is 11.8 Å². The van der Waals surface area contributed by atoms with Gasteiger partial charge in [-0.25, -0.2) is 0 Å². The number of nitrogens with one attached hydrogen (secondary N) is 2. The molecule has 1 unspecified atom stereocenters. The zero-order valence-corrected chi connectivity index (χ0v) is 8.65. The molecule has 1 saturated heterocycles. The van der Waals surface area contributed by atoms with Gasteiger partial charge in [-0.05, 0) is 5.41 Å². The minimum atomic E-state index is 0.600. The molecule has 2 rings (SSSR count). The highest BCUT2D eigenvalue weighted by Gasteiger charge is 2.16. The minimum absolute atomic E-state index is 0.600. The van der Waals surface area contributed by atoms with E-state index in [0.717, 1.165) is 19.6 Å². The van der Waals surface area contributed by atoms with Gasteiger partial charge in [0.25, 0.3) is 0 Å². The van der Waals surface area contributed by atoms with Crippen molar-refractivity contribution < 1.29 is 0 Å². The van der Waals surface area contributed by atoms with Crippen molar-refractivity contribution in [3.05, 3.63) is 11.5 Å². The van der Waals surface area contributed by atoms with Gasteiger partial charge < -0.3 is 10.6 Å². The molecule has 0 aromatic rings. The Labute approximate surface area is 83.9 Å². The van der Waals surface area contributed by atoms with Crippen LogP contribution >= 0.6 is 11.8 Å². The summed E-state index contributed by atoms with van der Waals surface area (Å²) >= 11 is 1.90. The van der Waals surface area contributed by atoms with E-state index in [4.69, 9.17) is 0 Å². The summed E-state index contributed by atoms with van der Waals surface area (Å²) in [5, 5.41) is 9.66. The van der Waals surface area contributed by atoms with Gasteiger partial charge in [-0.1, -0.05) is 6.08 Å². The molecule has 0 bridgehead atoms. The van der Waals surface area contributed by atoms with Gasteiger partial charge in [-0.2, -0.15) is 0 Å². The molecule has 0 saturated carbocycles. The molecule has 74 valence electrons. The molecule has 2 aliphatic heterocycles. The lowest BCUT2D eigenvalue weighted by molar-refractivity contribution is 0.236. The van der Waals surface area contributed by atoms with E-state index in [1.54, 1.807) is 0 Å². The molecule has 0 radical (unpaired) electrons. The third-order valence-electron chi connectivity index (χ3n) is 2.44. The van der Waals surface area contributed by atoms with Gasteiger partial charge in [0.15, 0.2) is 0 Å². The second kappa shape index (κ2) is 5.00. The summed E-state index contributed by atoms with van der Waals surface area (Å²) in [5.74, 6) is 0. The van der Waals surface area contributed by atoms with Gasteiger partial charge in [0.2, 0.25) is 0 Å². The summed E-state index contributed by atoms with van der Waals surface area (Å²) in [5.41, 5.74) is 0. The summed E-state index contributed by atoms with van der Waals surface area (Å²) in [4.78, 5) is 2.53. The van der Waals surface area contributed by atoms with Gasteiger partial charge in [-0.3, -0.25) is 4.90 Å². The number of thioether (sulfide) groups is 1. The lowest BCUT2D eigenvalue weighted by atomic mass is 10.3. The first-order valence-electron chi connectivity index (χ1n) is 4.92. The van der Waals surface area contributed by atoms with Crippen LogP contribution in [0.3, 0.4) is 0 Å². The first kappa shape index (κ1) is 9.52. The fraction of sp³-hybridized carbons (Fsp3) is 0.778. The van der Waals surface area contributed by atoms with Gasteiger partial charge in [0.05, 0.1) is 5.37 Å². The SMILES string of the molecule is C1=CSC(CN2CCNCC2)NC1. The molecular weight excluding hydrogens is 182 g/mol. The largest absolute Gasteiger partial charge is 0.314 e. The first-order chi connectivity index (χ1) is 6.45. The first-order valence-corrected chi connectivity index (χ1v) is 5.86. The quantitative estimate of drug-likeness (QED) is 0.658. The lowest BCUT2D eigenvalue weighted by Crippen LogP contribution is -2.48. The Morgan fingerprint density at radius 2 is 2.23 bits per heavy atom. The topological polar surface area (TPSA) is 27.3 Å². The van der Waals surface area contributed by atoms with Crippen molar-refractivity contribution in [3.63, 3.8) is 0 Å². The van der Waals surface area contributed by atoms with Crippen molar-refractivity contribution in [2.75, 3.05) is 39.3 Å². The second-order valence-electron chi connectivity index (χ2n) is 3.46. The fourth-order valence-corrected chi connectivity index (χ4v) is 2.57. The summed E-state index contributed by atoms with van der Waals surface area (Å²) in [7, 11) is 0. The maximum absolute atomic E-state index is 3.48. The van der Waals surface area contributed by atoms with E-state index < -0.39 is 0 Å². The van der Waals surface area contributed by atoms with E-state index in [2.05, 4.69) is 27.0 Å². The molecule has 2 N–H and O–H groups in total. The van der Waals surface area contributed by atoms with Crippen molar-refractivity contribution in [2.45, 2.75) is 5.37 Å². The Morgan fingerprint density at radius 3 is 2.92 bits per heavy atom. The minimum Gasteiger partial charge on any atom is -0.314 e. The van der Waals surface area contributed by atoms with Crippen molar-refractivity contribution in [3.8, 4) is 0 Å². The van der Waals surface area contributed by atoms with Crippen LogP contribution in [-0.2, 0) is 0 Å². The molecule has 0 amide bonds. The molecule has 3 nitrogen and oxygen atoms in total. The van der Waals surface area contributed by atoms with Crippen molar-refractivity contribution in [2.24, 2.45) is 0 Å². The highest BCUT2D eigenvalue weighted by Crippen LogP contribution is 2.14. The summed E-state index contributed by atoms with van der Waals surface area (Å²) < 4.78 is 0. The van der Waals surface area contributed by atoms with Crippen LogP contribution in [0.5, 0.6) is 0 Å². The van der Waals surface area contributed by atoms with Crippen LogP contribution in [0.25, 0.3) is 0 Å². The maximum Gasteiger partial charge on any atom is 0.0704 e. The van der Waals surface area contributed by atoms with Crippen LogP contribution in [-0.4, -0.2) is 49.5 Å². The number of nitrogens with zero attached hydrogens (tertiary/aromatic N) is 1. The summed E-state index contributed by atoms with van der Waals surface area (Å²) in [6, 6.07) is 0. The van der Waals surface area contributed by atoms with Gasteiger partial charge in [-0.15, -0.1) is 11.8 Å². The smallest absolute Gasteiger partial charge is 0.0704 e. The molecule has 1 fully saturated rings. The molecule has 0 aromatic heterocycles. The molecule has 0 aromatic carbocycles. The molecule has 1 atom stereocenters. The van der Waals surface area contributed by atoms with E-state index in [1.165, 1.54) is 19.6 Å². The molecule has 0 spiro atoms. The maximum atomic E-state index is 3.48. The van der Waals surface area contributed by atoms with Crippen LogP contribution in [0, 0.1) is 0 Å². The molecule has 2 aliphatic rings. The predicted octanol–water partition coefficient (Wildman–Crippen LogP) is 0.0678. The molecule has 2 heterocycles. The zero-order chi connectivity index (χ0) is 8.93. The Balaban J connectivity index is 1.72. The molecule has 13 heavy (non-hydrogen) atoms. The third kappa shape index (κ3) is 2.98. The normalized spacial score (nSPS) is 30.6. The predicted molar refractivity (Wildman–Crippen MR) is 57.8 cm³/mol. The zero-order valence-electron chi connectivity index (χ0n) is 7.83. The van der Waals surface area contributed by atoms with Gasteiger partial charge in [0, 0.05) is 39.3 Å². The fourth-order valence-electron chi connectivity index (χ4n) is 1.68. The van der Waals surface area contributed by atoms with Gasteiger partial charge in [0.1, 0.15) is 0 Å². The Kier molecular flexibility index (Phi) is 3.66. The van der Waals surface area contributed by atoms with Crippen molar-refractivity contribution in [1.82, 2.24) is 15.5 Å². The highest BCUT2D eigenvalue weighted by molar-refractivity contribution is 8.02. The van der Waals surface area contributed by atoms with Crippen molar-refractivity contribution >= 4 is 11.8 Å². The van der Waals surface area contributed by atoms with E-state index in [-0.39, 0.29) is 0 Å². The summed E-state index contributed by atoms with van der Waals surface area (Å²) in [6.45, 7) is 6.89. The van der Waals surface area contributed by atoms with Crippen LogP contribution in [0.15, 0.2) is 11.5 Å². The van der Waals surface area contributed by atoms with Crippen LogP contribution in [0.1, 0.15) is 0 Å². The molecular formula is C9H17N3S. The van der Waals surface area contributed by atoms with Crippen LogP contribution in [0.2, 0.25) is 0 Å². The van der Waals surface area contributed by atoms with Crippen LogP contribution in [0.4, 0.5) is 0 Å². The Hall–Kier alpha value is -0.0300. The van der Waals surface area contributed by atoms with E-state index in [0.29, 0.717) is 5.37 Å². The Bertz CT molecular complexity index is 178. The standard InChI is InChI=1S/C9H17N3S/c1-2-11-9(13-7-1)8-12-5-3-10-4-6-12/h1,7,9-11H,2-6,8H2.